The Morgan fingerprint density at radius 1 is 1.56 bits per heavy atom. The monoisotopic (exact) mass is 238 g/mol. The Labute approximate surface area is 103 Å². The third-order valence-electron chi connectivity index (χ3n) is 3.33. The van der Waals surface area contributed by atoms with E-state index in [0.29, 0.717) is 6.04 Å². The van der Waals surface area contributed by atoms with Crippen molar-refractivity contribution >= 4 is 11.3 Å². The van der Waals surface area contributed by atoms with Gasteiger partial charge in [-0.1, -0.05) is 6.07 Å². The van der Waals surface area contributed by atoms with Crippen molar-refractivity contribution < 1.29 is 0 Å². The maximum absolute atomic E-state index is 3.62. The molecular weight excluding hydrogens is 216 g/mol. The molecule has 1 atom stereocenters. The molecule has 90 valence electrons. The van der Waals surface area contributed by atoms with E-state index in [2.05, 4.69) is 48.5 Å². The van der Waals surface area contributed by atoms with E-state index in [1.807, 2.05) is 11.3 Å². The summed E-state index contributed by atoms with van der Waals surface area (Å²) in [7, 11) is 0. The lowest BCUT2D eigenvalue weighted by Gasteiger charge is -2.32. The fraction of sp³-hybridized carbons (Fsp3) is 0.692. The van der Waals surface area contributed by atoms with Gasteiger partial charge >= 0.3 is 0 Å². The Morgan fingerprint density at radius 3 is 3.06 bits per heavy atom. The van der Waals surface area contributed by atoms with Crippen molar-refractivity contribution in [1.29, 1.82) is 0 Å². The maximum atomic E-state index is 3.62. The highest BCUT2D eigenvalue weighted by atomic mass is 32.1. The summed E-state index contributed by atoms with van der Waals surface area (Å²) in [5.74, 6) is 0. The van der Waals surface area contributed by atoms with Crippen LogP contribution >= 0.6 is 11.3 Å². The van der Waals surface area contributed by atoms with Gasteiger partial charge in [-0.25, -0.2) is 0 Å². The molecule has 2 heterocycles. The lowest BCUT2D eigenvalue weighted by molar-refractivity contribution is 0.174. The molecule has 2 rings (SSSR count). The van der Waals surface area contributed by atoms with E-state index in [-0.39, 0.29) is 5.54 Å². The molecule has 0 aromatic carbocycles. The summed E-state index contributed by atoms with van der Waals surface area (Å²) in [6, 6.07) is 5.06. The third kappa shape index (κ3) is 3.06. The van der Waals surface area contributed by atoms with Crippen molar-refractivity contribution in [3.63, 3.8) is 0 Å². The van der Waals surface area contributed by atoms with Crippen molar-refractivity contribution in [2.45, 2.75) is 45.3 Å². The van der Waals surface area contributed by atoms with Crippen LogP contribution in [0.15, 0.2) is 17.5 Å². The quantitative estimate of drug-likeness (QED) is 0.852. The molecule has 1 aliphatic rings. The molecule has 0 saturated carbocycles. The summed E-state index contributed by atoms with van der Waals surface area (Å²) in [5, 5.41) is 5.79. The van der Waals surface area contributed by atoms with Crippen LogP contribution in [-0.4, -0.2) is 29.6 Å². The van der Waals surface area contributed by atoms with E-state index in [0.717, 1.165) is 19.6 Å². The topological polar surface area (TPSA) is 15.3 Å². The van der Waals surface area contributed by atoms with Crippen LogP contribution in [0.3, 0.4) is 0 Å². The van der Waals surface area contributed by atoms with Crippen LogP contribution in [0.1, 0.15) is 32.1 Å². The van der Waals surface area contributed by atoms with Crippen LogP contribution in [0.25, 0.3) is 0 Å². The van der Waals surface area contributed by atoms with Crippen molar-refractivity contribution in [3.05, 3.63) is 22.4 Å². The number of nitrogens with one attached hydrogen (secondary N) is 1. The van der Waals surface area contributed by atoms with E-state index in [9.17, 15) is 0 Å². The van der Waals surface area contributed by atoms with Crippen LogP contribution in [0.5, 0.6) is 0 Å². The first-order valence-corrected chi connectivity index (χ1v) is 6.96. The van der Waals surface area contributed by atoms with Gasteiger partial charge in [0.25, 0.3) is 0 Å². The average Bonchev–Trinajstić information content (AvgIpc) is 2.64. The van der Waals surface area contributed by atoms with Crippen LogP contribution in [0, 0.1) is 0 Å². The minimum Gasteiger partial charge on any atom is -0.310 e. The minimum atomic E-state index is 0.238. The first-order valence-electron chi connectivity index (χ1n) is 6.08. The summed E-state index contributed by atoms with van der Waals surface area (Å²) in [6.45, 7) is 10.3. The van der Waals surface area contributed by atoms with Gasteiger partial charge in [0.05, 0.1) is 0 Å². The average molecular weight is 238 g/mol. The number of hydrogen-bond donors (Lipinski definition) is 1. The number of rotatable bonds is 2. The van der Waals surface area contributed by atoms with Gasteiger partial charge in [0.2, 0.25) is 0 Å². The van der Waals surface area contributed by atoms with Gasteiger partial charge in [0.1, 0.15) is 0 Å². The number of hydrogen-bond acceptors (Lipinski definition) is 3. The molecule has 1 fully saturated rings. The summed E-state index contributed by atoms with van der Waals surface area (Å²) in [5.41, 5.74) is 0.238. The molecule has 2 nitrogen and oxygen atoms in total. The zero-order chi connectivity index (χ0) is 11.6. The van der Waals surface area contributed by atoms with Crippen molar-refractivity contribution in [1.82, 2.24) is 10.2 Å². The Bertz CT molecular complexity index is 319. The predicted molar refractivity (Wildman–Crippen MR) is 70.9 cm³/mol. The lowest BCUT2D eigenvalue weighted by Crippen LogP contribution is -2.47. The SMILES string of the molecule is CC1CCNC(C)(C)CN1Cc1cccs1. The van der Waals surface area contributed by atoms with Crippen molar-refractivity contribution in [2.24, 2.45) is 0 Å². The molecule has 1 N–H and O–H groups in total. The molecule has 1 aromatic rings. The summed E-state index contributed by atoms with van der Waals surface area (Å²) in [6.07, 6.45) is 1.24. The molecular formula is C13H22N2S. The van der Waals surface area contributed by atoms with E-state index in [4.69, 9.17) is 0 Å². The van der Waals surface area contributed by atoms with E-state index < -0.39 is 0 Å². The second-order valence-electron chi connectivity index (χ2n) is 5.43. The van der Waals surface area contributed by atoms with Gasteiger partial charge in [-0.3, -0.25) is 4.90 Å². The van der Waals surface area contributed by atoms with E-state index in [1.165, 1.54) is 11.3 Å². The van der Waals surface area contributed by atoms with Gasteiger partial charge in [-0.2, -0.15) is 0 Å². The van der Waals surface area contributed by atoms with Gasteiger partial charge in [0, 0.05) is 29.5 Å². The summed E-state index contributed by atoms with van der Waals surface area (Å²) in [4.78, 5) is 4.08. The van der Waals surface area contributed by atoms with Crippen molar-refractivity contribution in [2.75, 3.05) is 13.1 Å². The predicted octanol–water partition coefficient (Wildman–Crippen LogP) is 2.71. The molecule has 1 aromatic heterocycles. The summed E-state index contributed by atoms with van der Waals surface area (Å²) < 4.78 is 0. The van der Waals surface area contributed by atoms with Crippen LogP contribution in [-0.2, 0) is 6.54 Å². The van der Waals surface area contributed by atoms with Crippen LogP contribution in [0.2, 0.25) is 0 Å². The first-order chi connectivity index (χ1) is 7.57. The second kappa shape index (κ2) is 4.86. The smallest absolute Gasteiger partial charge is 0.0331 e. The molecule has 1 saturated heterocycles. The molecule has 1 unspecified atom stereocenters. The molecule has 16 heavy (non-hydrogen) atoms. The molecule has 0 aliphatic carbocycles. The van der Waals surface area contributed by atoms with Gasteiger partial charge in [-0.05, 0) is 45.2 Å². The van der Waals surface area contributed by atoms with Crippen LogP contribution < -0.4 is 5.32 Å². The zero-order valence-electron chi connectivity index (χ0n) is 10.5. The van der Waals surface area contributed by atoms with Gasteiger partial charge in [0.15, 0.2) is 0 Å². The van der Waals surface area contributed by atoms with Gasteiger partial charge < -0.3 is 5.32 Å². The Morgan fingerprint density at radius 2 is 2.38 bits per heavy atom. The van der Waals surface area contributed by atoms with E-state index in [1.54, 1.807) is 0 Å². The standard InChI is InChI=1S/C13H22N2S/c1-11-6-7-14-13(2,3)10-15(11)9-12-5-4-8-16-12/h4-5,8,11,14H,6-7,9-10H2,1-3H3. The second-order valence-corrected chi connectivity index (χ2v) is 6.46. The highest BCUT2D eigenvalue weighted by Gasteiger charge is 2.27. The maximum Gasteiger partial charge on any atom is 0.0331 e. The Hall–Kier alpha value is -0.380. The third-order valence-corrected chi connectivity index (χ3v) is 4.19. The molecule has 0 radical (unpaired) electrons. The minimum absolute atomic E-state index is 0.238. The number of nitrogens with zero attached hydrogens (tertiary/aromatic N) is 1. The fourth-order valence-electron chi connectivity index (χ4n) is 2.34. The Balaban J connectivity index is 2.05. The van der Waals surface area contributed by atoms with E-state index >= 15 is 0 Å². The number of thiophene rings is 1. The highest BCUT2D eigenvalue weighted by molar-refractivity contribution is 7.09. The van der Waals surface area contributed by atoms with Crippen molar-refractivity contribution in [3.8, 4) is 0 Å². The summed E-state index contributed by atoms with van der Waals surface area (Å²) >= 11 is 1.86. The normalized spacial score (nSPS) is 26.6. The first kappa shape index (κ1) is 12.1. The highest BCUT2D eigenvalue weighted by Crippen LogP contribution is 2.20. The van der Waals surface area contributed by atoms with Crippen LogP contribution in [0.4, 0.5) is 0 Å². The Kier molecular flexibility index (Phi) is 3.67. The largest absolute Gasteiger partial charge is 0.310 e. The fourth-order valence-corrected chi connectivity index (χ4v) is 3.07. The van der Waals surface area contributed by atoms with Gasteiger partial charge in [-0.15, -0.1) is 11.3 Å². The molecule has 0 spiro atoms. The molecule has 3 heteroatoms. The zero-order valence-corrected chi connectivity index (χ0v) is 11.3. The molecule has 0 bridgehead atoms. The molecule has 1 aliphatic heterocycles. The lowest BCUT2D eigenvalue weighted by atomic mass is 10.1. The molecule has 0 amide bonds.